The van der Waals surface area contributed by atoms with Gasteiger partial charge in [-0.05, 0) is 37.7 Å². The molecule has 0 radical (unpaired) electrons. The molecule has 148 valence electrons. The van der Waals surface area contributed by atoms with E-state index in [0.717, 1.165) is 45.3 Å². The van der Waals surface area contributed by atoms with Gasteiger partial charge in [0.25, 0.3) is 0 Å². The van der Waals surface area contributed by atoms with Gasteiger partial charge in [0.15, 0.2) is 0 Å². The van der Waals surface area contributed by atoms with Gasteiger partial charge >= 0.3 is 5.69 Å². The number of carbonyl (C=O) groups excluding carboxylic acids is 2. The maximum atomic E-state index is 12.8. The predicted molar refractivity (Wildman–Crippen MR) is 102 cm³/mol. The Morgan fingerprint density at radius 1 is 1.26 bits per heavy atom. The molecule has 0 saturated carbocycles. The molecular weight excluding hydrogens is 344 g/mol. The van der Waals surface area contributed by atoms with E-state index >= 15 is 0 Å². The molecule has 0 unspecified atom stereocenters. The molecule has 0 N–H and O–H groups in total. The van der Waals surface area contributed by atoms with Crippen LogP contribution in [0.2, 0.25) is 0 Å². The lowest BCUT2D eigenvalue weighted by atomic mass is 9.73. The van der Waals surface area contributed by atoms with Crippen molar-refractivity contribution in [3.8, 4) is 0 Å². The molecule has 1 spiro atoms. The lowest BCUT2D eigenvalue weighted by molar-refractivity contribution is -0.143. The Morgan fingerprint density at radius 3 is 2.81 bits per heavy atom. The molecule has 3 rings (SSSR count). The number of amides is 2. The van der Waals surface area contributed by atoms with Gasteiger partial charge in [-0.3, -0.25) is 14.2 Å². The summed E-state index contributed by atoms with van der Waals surface area (Å²) in [5.74, 6) is 0.763. The maximum absolute atomic E-state index is 12.8. The summed E-state index contributed by atoms with van der Waals surface area (Å²) in [5.41, 5.74) is -0.403. The fraction of sp³-hybridized carbons (Fsp3) is 0.700. The van der Waals surface area contributed by atoms with Crippen molar-refractivity contribution < 1.29 is 9.59 Å². The Morgan fingerprint density at radius 2 is 2.07 bits per heavy atom. The molecule has 2 fully saturated rings. The van der Waals surface area contributed by atoms with Crippen molar-refractivity contribution in [3.63, 3.8) is 0 Å². The van der Waals surface area contributed by atoms with Crippen LogP contribution in [0.25, 0.3) is 0 Å². The summed E-state index contributed by atoms with van der Waals surface area (Å²) in [6.07, 6.45) is 7.45. The molecule has 2 amide bonds. The minimum absolute atomic E-state index is 0.00129. The normalized spacial score (nSPS) is 23.3. The van der Waals surface area contributed by atoms with Gasteiger partial charge in [0.05, 0.1) is 0 Å². The standard InChI is InChI=1S/C20H30N4O3/c1-16(2)6-12-24-15-20(8-5-17(24)25)7-3-10-23(14-20)18(26)13-22-11-4-9-21-19(22)27/h4,9,11,16H,3,5-8,10,12-15H2,1-2H3/t20-/m0/s1. The highest BCUT2D eigenvalue weighted by Crippen LogP contribution is 2.39. The van der Waals surface area contributed by atoms with Gasteiger partial charge in [0, 0.05) is 50.4 Å². The highest BCUT2D eigenvalue weighted by atomic mass is 16.2. The Labute approximate surface area is 160 Å². The number of rotatable bonds is 5. The van der Waals surface area contributed by atoms with Gasteiger partial charge < -0.3 is 9.80 Å². The van der Waals surface area contributed by atoms with E-state index in [2.05, 4.69) is 18.8 Å². The minimum Gasteiger partial charge on any atom is -0.342 e. The molecule has 1 atom stereocenters. The number of carbonyl (C=O) groups is 2. The maximum Gasteiger partial charge on any atom is 0.347 e. The third kappa shape index (κ3) is 4.76. The number of piperidine rings is 2. The topological polar surface area (TPSA) is 75.5 Å². The van der Waals surface area contributed by atoms with Gasteiger partial charge in [-0.25, -0.2) is 9.78 Å². The zero-order valence-corrected chi connectivity index (χ0v) is 16.4. The summed E-state index contributed by atoms with van der Waals surface area (Å²) in [5, 5.41) is 0. The Bertz CT molecular complexity index is 745. The fourth-order valence-corrected chi connectivity index (χ4v) is 4.23. The van der Waals surface area contributed by atoms with Crippen LogP contribution in [0.4, 0.5) is 0 Å². The zero-order valence-electron chi connectivity index (χ0n) is 16.4. The molecule has 1 aromatic heterocycles. The first-order chi connectivity index (χ1) is 12.9. The molecule has 2 saturated heterocycles. The second-order valence-corrected chi connectivity index (χ2v) is 8.45. The largest absolute Gasteiger partial charge is 0.347 e. The third-order valence-corrected chi connectivity index (χ3v) is 5.83. The molecule has 1 aromatic rings. The molecule has 27 heavy (non-hydrogen) atoms. The summed E-state index contributed by atoms with van der Waals surface area (Å²) in [7, 11) is 0. The number of likely N-dealkylation sites (tertiary alicyclic amines) is 2. The Balaban J connectivity index is 1.65. The minimum atomic E-state index is -0.402. The average molecular weight is 374 g/mol. The third-order valence-electron chi connectivity index (χ3n) is 5.83. The van der Waals surface area contributed by atoms with Crippen molar-refractivity contribution >= 4 is 11.8 Å². The van der Waals surface area contributed by atoms with Crippen LogP contribution >= 0.6 is 0 Å². The predicted octanol–water partition coefficient (Wildman–Crippen LogP) is 1.52. The highest BCUT2D eigenvalue weighted by Gasteiger charge is 2.42. The molecule has 2 aliphatic rings. The molecule has 7 nitrogen and oxygen atoms in total. The van der Waals surface area contributed by atoms with E-state index in [1.54, 1.807) is 12.3 Å². The van der Waals surface area contributed by atoms with Crippen LogP contribution in [0.1, 0.15) is 46.0 Å². The highest BCUT2D eigenvalue weighted by molar-refractivity contribution is 5.78. The first-order valence-corrected chi connectivity index (χ1v) is 9.96. The van der Waals surface area contributed by atoms with E-state index in [-0.39, 0.29) is 23.8 Å². The van der Waals surface area contributed by atoms with Gasteiger partial charge in [-0.1, -0.05) is 13.8 Å². The molecule has 7 heteroatoms. The van der Waals surface area contributed by atoms with Crippen molar-refractivity contribution in [1.29, 1.82) is 0 Å². The van der Waals surface area contributed by atoms with Crippen LogP contribution in [-0.4, -0.2) is 57.3 Å². The Kier molecular flexibility index (Phi) is 5.97. The van der Waals surface area contributed by atoms with Crippen LogP contribution in [0.3, 0.4) is 0 Å². The van der Waals surface area contributed by atoms with E-state index in [1.165, 1.54) is 10.8 Å². The van der Waals surface area contributed by atoms with E-state index in [1.807, 2.05) is 9.80 Å². The van der Waals surface area contributed by atoms with E-state index < -0.39 is 5.69 Å². The van der Waals surface area contributed by atoms with Crippen LogP contribution in [-0.2, 0) is 16.1 Å². The van der Waals surface area contributed by atoms with Crippen LogP contribution in [0, 0.1) is 11.3 Å². The fourth-order valence-electron chi connectivity index (χ4n) is 4.23. The van der Waals surface area contributed by atoms with Crippen LogP contribution in [0.5, 0.6) is 0 Å². The van der Waals surface area contributed by atoms with Gasteiger partial charge in [-0.2, -0.15) is 0 Å². The average Bonchev–Trinajstić information content (AvgIpc) is 2.64. The summed E-state index contributed by atoms with van der Waals surface area (Å²) in [6, 6.07) is 1.66. The van der Waals surface area contributed by atoms with Crippen LogP contribution < -0.4 is 5.69 Å². The lowest BCUT2D eigenvalue weighted by Gasteiger charge is -2.48. The van der Waals surface area contributed by atoms with Crippen molar-refractivity contribution in [2.24, 2.45) is 11.3 Å². The number of hydrogen-bond donors (Lipinski definition) is 0. The van der Waals surface area contributed by atoms with E-state index in [9.17, 15) is 14.4 Å². The molecular formula is C20H30N4O3. The number of hydrogen-bond acceptors (Lipinski definition) is 4. The lowest BCUT2D eigenvalue weighted by Crippen LogP contribution is -2.55. The summed E-state index contributed by atoms with van der Waals surface area (Å²) < 4.78 is 1.35. The first kappa shape index (κ1) is 19.6. The van der Waals surface area contributed by atoms with E-state index in [0.29, 0.717) is 18.9 Å². The second-order valence-electron chi connectivity index (χ2n) is 8.45. The summed E-state index contributed by atoms with van der Waals surface area (Å²) in [4.78, 5) is 44.5. The zero-order chi connectivity index (χ0) is 19.4. The molecule has 2 aliphatic heterocycles. The number of aromatic nitrogens is 2. The SMILES string of the molecule is CC(C)CCN1C[C@@]2(CCCN(C(=O)Cn3cccnc3=O)C2)CCC1=O. The van der Waals surface area contributed by atoms with Gasteiger partial charge in [-0.15, -0.1) is 0 Å². The van der Waals surface area contributed by atoms with Crippen molar-refractivity contribution in [2.45, 2.75) is 52.5 Å². The number of nitrogens with zero attached hydrogens (tertiary/aromatic N) is 4. The molecule has 0 aliphatic carbocycles. The van der Waals surface area contributed by atoms with Crippen LogP contribution in [0.15, 0.2) is 23.3 Å². The molecule has 3 heterocycles. The van der Waals surface area contributed by atoms with Gasteiger partial charge in [0.1, 0.15) is 6.54 Å². The van der Waals surface area contributed by atoms with Crippen molar-refractivity contribution in [1.82, 2.24) is 19.4 Å². The smallest absolute Gasteiger partial charge is 0.342 e. The molecule has 0 aromatic carbocycles. The monoisotopic (exact) mass is 374 g/mol. The second kappa shape index (κ2) is 8.23. The Hall–Kier alpha value is -2.18. The van der Waals surface area contributed by atoms with E-state index in [4.69, 9.17) is 0 Å². The van der Waals surface area contributed by atoms with Crippen molar-refractivity contribution in [2.75, 3.05) is 26.2 Å². The molecule has 0 bridgehead atoms. The van der Waals surface area contributed by atoms with Gasteiger partial charge in [0.2, 0.25) is 11.8 Å². The quantitative estimate of drug-likeness (QED) is 0.783. The summed E-state index contributed by atoms with van der Waals surface area (Å²) in [6.45, 7) is 7.31. The first-order valence-electron chi connectivity index (χ1n) is 9.96. The summed E-state index contributed by atoms with van der Waals surface area (Å²) >= 11 is 0. The van der Waals surface area contributed by atoms with Crippen molar-refractivity contribution in [3.05, 3.63) is 28.9 Å².